The predicted molar refractivity (Wildman–Crippen MR) is 125 cm³/mol. The van der Waals surface area contributed by atoms with E-state index < -0.39 is 5.60 Å². The molecule has 161 valence electrons. The summed E-state index contributed by atoms with van der Waals surface area (Å²) < 4.78 is 11.4. The van der Waals surface area contributed by atoms with Crippen molar-refractivity contribution in [3.8, 4) is 0 Å². The molecule has 0 aliphatic carbocycles. The maximum Gasteiger partial charge on any atom is 0.331 e. The van der Waals surface area contributed by atoms with E-state index in [0.717, 1.165) is 17.8 Å². The van der Waals surface area contributed by atoms with Gasteiger partial charge in [-0.15, -0.1) is 0 Å². The van der Waals surface area contributed by atoms with Gasteiger partial charge in [0.1, 0.15) is 17.5 Å². The molecule has 0 spiro atoms. The second-order valence-electron chi connectivity index (χ2n) is 8.49. The molecule has 0 amide bonds. The Bertz CT molecular complexity index is 869. The van der Waals surface area contributed by atoms with Gasteiger partial charge in [-0.05, 0) is 46.1 Å². The standard InChI is InChI=1S/C20H30BN6O2S/c1-13-12-28-9-8-27(13)17-10-15(21-29-19(2,3)20(4,5)30)14(11-22)18(25-17)24-16-6-7-23-26-16/h6-7,10-11,13,22,30H,8-9,12H2,1-5H3,(H2,23,24,25,26). The van der Waals surface area contributed by atoms with Crippen LogP contribution in [-0.4, -0.2) is 65.0 Å². The molecule has 2 aromatic heterocycles. The molecule has 1 aliphatic heterocycles. The molecule has 2 aromatic rings. The first-order valence-electron chi connectivity index (χ1n) is 10.0. The summed E-state index contributed by atoms with van der Waals surface area (Å²) >= 11 is 4.68. The van der Waals surface area contributed by atoms with Gasteiger partial charge < -0.3 is 25.0 Å². The van der Waals surface area contributed by atoms with Crippen LogP contribution < -0.4 is 15.7 Å². The van der Waals surface area contributed by atoms with Crippen molar-refractivity contribution in [1.82, 2.24) is 15.2 Å². The molecule has 30 heavy (non-hydrogen) atoms. The van der Waals surface area contributed by atoms with Crippen LogP contribution in [0.25, 0.3) is 0 Å². The number of nitrogens with zero attached hydrogens (tertiary/aromatic N) is 3. The van der Waals surface area contributed by atoms with Gasteiger partial charge in [-0.1, -0.05) is 0 Å². The topological polar surface area (TPSA) is 99.1 Å². The van der Waals surface area contributed by atoms with Crippen molar-refractivity contribution in [2.24, 2.45) is 0 Å². The molecule has 1 fully saturated rings. The van der Waals surface area contributed by atoms with Gasteiger partial charge in [0.2, 0.25) is 0 Å². The summed E-state index contributed by atoms with van der Waals surface area (Å²) in [4.78, 5) is 7.02. The highest BCUT2D eigenvalue weighted by atomic mass is 32.1. The van der Waals surface area contributed by atoms with Gasteiger partial charge in [-0.3, -0.25) is 5.10 Å². The summed E-state index contributed by atoms with van der Waals surface area (Å²) in [5, 5.41) is 18.1. The minimum Gasteiger partial charge on any atom is -0.428 e. The largest absolute Gasteiger partial charge is 0.428 e. The summed E-state index contributed by atoms with van der Waals surface area (Å²) in [5.74, 6) is 2.06. The van der Waals surface area contributed by atoms with E-state index in [9.17, 15) is 0 Å². The molecule has 3 rings (SSSR count). The highest BCUT2D eigenvalue weighted by Gasteiger charge is 2.35. The van der Waals surface area contributed by atoms with Gasteiger partial charge in [0, 0.05) is 29.1 Å². The third-order valence-corrected chi connectivity index (χ3v) is 6.13. The van der Waals surface area contributed by atoms with Crippen LogP contribution in [0.4, 0.5) is 17.5 Å². The Labute approximate surface area is 184 Å². The number of rotatable bonds is 8. The van der Waals surface area contributed by atoms with Crippen LogP contribution in [0.2, 0.25) is 0 Å². The molecule has 3 heterocycles. The van der Waals surface area contributed by atoms with Crippen LogP contribution in [0, 0.1) is 5.41 Å². The first kappa shape index (κ1) is 22.6. The molecule has 1 aliphatic rings. The van der Waals surface area contributed by atoms with Gasteiger partial charge in [0.25, 0.3) is 0 Å². The molecule has 0 saturated carbocycles. The van der Waals surface area contributed by atoms with E-state index in [4.69, 9.17) is 19.8 Å². The Morgan fingerprint density at radius 3 is 2.80 bits per heavy atom. The summed E-state index contributed by atoms with van der Waals surface area (Å²) in [6.45, 7) is 12.2. The second kappa shape index (κ2) is 8.99. The monoisotopic (exact) mass is 429 g/mol. The Morgan fingerprint density at radius 1 is 1.43 bits per heavy atom. The predicted octanol–water partition coefficient (Wildman–Crippen LogP) is 2.52. The number of H-pyrrole nitrogens is 1. The summed E-state index contributed by atoms with van der Waals surface area (Å²) in [6.07, 6.45) is 2.94. The van der Waals surface area contributed by atoms with Crippen molar-refractivity contribution in [2.75, 3.05) is 30.0 Å². The van der Waals surface area contributed by atoms with Crippen LogP contribution in [0.1, 0.15) is 40.2 Å². The summed E-state index contributed by atoms with van der Waals surface area (Å²) in [6, 6.07) is 3.96. The molecule has 0 bridgehead atoms. The molecule has 3 N–H and O–H groups in total. The summed E-state index contributed by atoms with van der Waals surface area (Å²) in [5.41, 5.74) is 0.866. The number of hydrogen-bond acceptors (Lipinski definition) is 8. The highest BCUT2D eigenvalue weighted by Crippen LogP contribution is 2.31. The number of anilines is 3. The van der Waals surface area contributed by atoms with Crippen LogP contribution in [0.3, 0.4) is 0 Å². The lowest BCUT2D eigenvalue weighted by atomic mass is 9.81. The van der Waals surface area contributed by atoms with Crippen molar-refractivity contribution in [3.05, 3.63) is 23.9 Å². The third kappa shape index (κ3) is 4.99. The van der Waals surface area contributed by atoms with Crippen molar-refractivity contribution < 1.29 is 9.39 Å². The number of pyridine rings is 1. The van der Waals surface area contributed by atoms with E-state index in [1.807, 2.05) is 39.8 Å². The zero-order valence-corrected chi connectivity index (χ0v) is 19.1. The lowest BCUT2D eigenvalue weighted by Crippen LogP contribution is -2.47. The lowest BCUT2D eigenvalue weighted by molar-refractivity contribution is 0.0854. The fraction of sp³-hybridized carbons (Fsp3) is 0.550. The lowest BCUT2D eigenvalue weighted by Gasteiger charge is -2.38. The third-order valence-electron chi connectivity index (χ3n) is 5.59. The smallest absolute Gasteiger partial charge is 0.331 e. The second-order valence-corrected chi connectivity index (χ2v) is 9.61. The van der Waals surface area contributed by atoms with Gasteiger partial charge in [0.15, 0.2) is 0 Å². The first-order chi connectivity index (χ1) is 14.1. The van der Waals surface area contributed by atoms with E-state index in [1.54, 1.807) is 13.7 Å². The van der Waals surface area contributed by atoms with Gasteiger partial charge in [0.05, 0.1) is 31.1 Å². The van der Waals surface area contributed by atoms with Gasteiger partial charge in [-0.25, -0.2) is 4.98 Å². The molecule has 1 atom stereocenters. The van der Waals surface area contributed by atoms with Crippen molar-refractivity contribution >= 4 is 49.2 Å². The number of thiol groups is 1. The average molecular weight is 429 g/mol. The molecule has 1 saturated heterocycles. The molecule has 10 heteroatoms. The number of nitrogens with one attached hydrogen (secondary N) is 3. The van der Waals surface area contributed by atoms with Crippen LogP contribution in [0.5, 0.6) is 0 Å². The molecule has 1 radical (unpaired) electrons. The fourth-order valence-electron chi connectivity index (χ4n) is 2.93. The molecular weight excluding hydrogens is 399 g/mol. The van der Waals surface area contributed by atoms with Crippen molar-refractivity contribution in [2.45, 2.75) is 51.0 Å². The van der Waals surface area contributed by atoms with Crippen molar-refractivity contribution in [1.29, 1.82) is 5.41 Å². The first-order valence-corrected chi connectivity index (χ1v) is 10.5. The normalized spacial score (nSPS) is 17.7. The SMILES string of the molecule is CC1COCCN1c1cc([B]OC(C)(C)C(C)(C)S)c(C=N)c(Nc2ccn[nH]2)n1. The highest BCUT2D eigenvalue weighted by molar-refractivity contribution is 7.81. The minimum absolute atomic E-state index is 0.193. The Morgan fingerprint density at radius 2 is 2.20 bits per heavy atom. The number of morpholine rings is 1. The quantitative estimate of drug-likeness (QED) is 0.293. The van der Waals surface area contributed by atoms with E-state index in [1.165, 1.54) is 6.21 Å². The van der Waals surface area contributed by atoms with E-state index in [2.05, 4.69) is 40.0 Å². The Balaban J connectivity index is 1.99. The molecule has 1 unspecified atom stereocenters. The average Bonchev–Trinajstić information content (AvgIpc) is 3.18. The maximum absolute atomic E-state index is 8.01. The van der Waals surface area contributed by atoms with Gasteiger partial charge >= 0.3 is 7.48 Å². The number of ether oxygens (including phenoxy) is 1. The van der Waals surface area contributed by atoms with E-state index in [0.29, 0.717) is 30.4 Å². The molecule has 8 nitrogen and oxygen atoms in total. The van der Waals surface area contributed by atoms with Gasteiger partial charge in [-0.2, -0.15) is 17.7 Å². The number of aromatic nitrogens is 3. The fourth-order valence-corrected chi connectivity index (χ4v) is 2.98. The van der Waals surface area contributed by atoms with E-state index >= 15 is 0 Å². The zero-order valence-electron chi connectivity index (χ0n) is 18.2. The Hall–Kier alpha value is -2.04. The zero-order chi connectivity index (χ0) is 21.9. The Kier molecular flexibility index (Phi) is 6.79. The maximum atomic E-state index is 8.01. The van der Waals surface area contributed by atoms with Crippen molar-refractivity contribution in [3.63, 3.8) is 0 Å². The molecule has 0 aromatic carbocycles. The molecular formula is C20H30BN6O2S. The number of hydrogen-bond donors (Lipinski definition) is 4. The minimum atomic E-state index is -0.526. The van der Waals surface area contributed by atoms with Crippen LogP contribution in [-0.2, 0) is 9.39 Å². The number of aromatic amines is 1. The summed E-state index contributed by atoms with van der Waals surface area (Å²) in [7, 11) is 1.70. The van der Waals surface area contributed by atoms with E-state index in [-0.39, 0.29) is 10.8 Å². The van der Waals surface area contributed by atoms with Crippen LogP contribution in [0.15, 0.2) is 18.3 Å². The van der Waals surface area contributed by atoms with Crippen LogP contribution >= 0.6 is 12.6 Å².